The molecule has 0 bridgehead atoms. The summed E-state index contributed by atoms with van der Waals surface area (Å²) in [5.74, 6) is -0.558. The van der Waals surface area contributed by atoms with Gasteiger partial charge in [0.15, 0.2) is 0 Å². The Morgan fingerprint density at radius 2 is 1.78 bits per heavy atom. The molecule has 27 heavy (non-hydrogen) atoms. The summed E-state index contributed by atoms with van der Waals surface area (Å²) in [5, 5.41) is 15.3. The van der Waals surface area contributed by atoms with E-state index in [9.17, 15) is 4.79 Å². The number of ether oxygens (including phenoxy) is 1. The molecule has 4 nitrogen and oxygen atoms in total. The Balaban J connectivity index is 1.59. The number of aromatic carboxylic acids is 1. The van der Waals surface area contributed by atoms with Crippen molar-refractivity contribution in [1.29, 1.82) is 0 Å². The smallest absolute Gasteiger partial charge is 0.335 e. The van der Waals surface area contributed by atoms with Gasteiger partial charge in [-0.1, -0.05) is 36.4 Å². The second kappa shape index (κ2) is 6.39. The predicted octanol–water partition coefficient (Wildman–Crippen LogP) is 5.17. The summed E-state index contributed by atoms with van der Waals surface area (Å²) in [4.78, 5) is 11.2. The van der Waals surface area contributed by atoms with Crippen molar-refractivity contribution >= 4 is 22.4 Å². The molecule has 0 spiro atoms. The lowest BCUT2D eigenvalue weighted by atomic mass is 9.77. The largest absolute Gasteiger partial charge is 0.478 e. The zero-order chi connectivity index (χ0) is 18.4. The molecule has 3 atom stereocenters. The van der Waals surface area contributed by atoms with Crippen molar-refractivity contribution in [2.75, 3.05) is 11.9 Å². The summed E-state index contributed by atoms with van der Waals surface area (Å²) >= 11 is 0. The fraction of sp³-hybridized carbons (Fsp3) is 0.261. The van der Waals surface area contributed by atoms with E-state index in [0.29, 0.717) is 11.5 Å². The van der Waals surface area contributed by atoms with Crippen molar-refractivity contribution in [2.45, 2.75) is 25.0 Å². The van der Waals surface area contributed by atoms with Crippen molar-refractivity contribution in [3.05, 3.63) is 77.4 Å². The molecule has 0 saturated carbocycles. The van der Waals surface area contributed by atoms with E-state index >= 15 is 0 Å². The lowest BCUT2D eigenvalue weighted by molar-refractivity contribution is -0.0380. The Morgan fingerprint density at radius 1 is 1.04 bits per heavy atom. The maximum absolute atomic E-state index is 11.2. The van der Waals surface area contributed by atoms with Crippen LogP contribution in [0.2, 0.25) is 0 Å². The molecule has 136 valence electrons. The second-order valence-corrected chi connectivity index (χ2v) is 7.43. The number of anilines is 1. The molecule has 3 unspecified atom stereocenters. The van der Waals surface area contributed by atoms with Gasteiger partial charge in [0.25, 0.3) is 0 Å². The molecule has 1 fully saturated rings. The molecule has 4 heteroatoms. The fourth-order valence-electron chi connectivity index (χ4n) is 4.52. The predicted molar refractivity (Wildman–Crippen MR) is 105 cm³/mol. The van der Waals surface area contributed by atoms with Crippen molar-refractivity contribution in [3.8, 4) is 0 Å². The number of nitrogens with one attached hydrogen (secondary N) is 1. The van der Waals surface area contributed by atoms with Crippen molar-refractivity contribution in [2.24, 2.45) is 5.92 Å². The van der Waals surface area contributed by atoms with Gasteiger partial charge in [-0.25, -0.2) is 4.79 Å². The maximum Gasteiger partial charge on any atom is 0.335 e. The Morgan fingerprint density at radius 3 is 2.52 bits per heavy atom. The molecule has 2 heterocycles. The van der Waals surface area contributed by atoms with Gasteiger partial charge in [-0.3, -0.25) is 0 Å². The number of hydrogen-bond donors (Lipinski definition) is 2. The Hall–Kier alpha value is -2.85. The van der Waals surface area contributed by atoms with E-state index in [2.05, 4.69) is 41.7 Å². The normalized spacial score (nSPS) is 23.9. The van der Waals surface area contributed by atoms with Gasteiger partial charge in [-0.2, -0.15) is 0 Å². The van der Waals surface area contributed by atoms with Crippen LogP contribution in [0.25, 0.3) is 10.8 Å². The monoisotopic (exact) mass is 359 g/mol. The van der Waals surface area contributed by atoms with Gasteiger partial charge in [0.2, 0.25) is 0 Å². The number of carbonyl (C=O) groups is 1. The van der Waals surface area contributed by atoms with E-state index in [-0.39, 0.29) is 12.1 Å². The van der Waals surface area contributed by atoms with Crippen molar-refractivity contribution in [1.82, 2.24) is 0 Å². The SMILES string of the molecule is O=C(O)c1ccc(C2Nc3cc4ccccc4cc3C3OCCCC23)cc1. The van der Waals surface area contributed by atoms with E-state index in [1.807, 2.05) is 12.1 Å². The van der Waals surface area contributed by atoms with Gasteiger partial charge >= 0.3 is 5.97 Å². The lowest BCUT2D eigenvalue weighted by Crippen LogP contribution is -2.36. The Kier molecular flexibility index (Phi) is 3.87. The summed E-state index contributed by atoms with van der Waals surface area (Å²) in [7, 11) is 0. The maximum atomic E-state index is 11.2. The zero-order valence-electron chi connectivity index (χ0n) is 14.9. The summed E-state index contributed by atoms with van der Waals surface area (Å²) in [6, 6.07) is 20.2. The molecule has 2 N–H and O–H groups in total. The van der Waals surface area contributed by atoms with E-state index in [1.165, 1.54) is 16.3 Å². The zero-order valence-corrected chi connectivity index (χ0v) is 14.9. The summed E-state index contributed by atoms with van der Waals surface area (Å²) in [6.07, 6.45) is 2.22. The first-order valence-electron chi connectivity index (χ1n) is 9.45. The van der Waals surface area contributed by atoms with E-state index in [1.54, 1.807) is 12.1 Å². The van der Waals surface area contributed by atoms with Crippen LogP contribution in [0.3, 0.4) is 0 Å². The number of carboxylic acids is 1. The van der Waals surface area contributed by atoms with Crippen LogP contribution in [0.15, 0.2) is 60.7 Å². The molecule has 5 rings (SSSR count). The number of rotatable bonds is 2. The average molecular weight is 359 g/mol. The highest BCUT2D eigenvalue weighted by molar-refractivity contribution is 5.88. The molecule has 2 aliphatic heterocycles. The Labute approximate surface area is 157 Å². The second-order valence-electron chi connectivity index (χ2n) is 7.43. The van der Waals surface area contributed by atoms with Crippen LogP contribution in [-0.2, 0) is 4.74 Å². The third-order valence-electron chi connectivity index (χ3n) is 5.85. The lowest BCUT2D eigenvalue weighted by Gasteiger charge is -2.43. The Bertz CT molecular complexity index is 1010. The molecular formula is C23H21NO3. The van der Waals surface area contributed by atoms with Gasteiger partial charge < -0.3 is 15.2 Å². The molecular weight excluding hydrogens is 338 g/mol. The first-order valence-corrected chi connectivity index (χ1v) is 9.45. The van der Waals surface area contributed by atoms with Gasteiger partial charge in [-0.15, -0.1) is 0 Å². The molecule has 0 amide bonds. The molecule has 3 aromatic carbocycles. The van der Waals surface area contributed by atoms with E-state index in [4.69, 9.17) is 9.84 Å². The van der Waals surface area contributed by atoms with Crippen LogP contribution >= 0.6 is 0 Å². The van der Waals surface area contributed by atoms with Crippen LogP contribution in [0.1, 0.15) is 46.5 Å². The van der Waals surface area contributed by atoms with Gasteiger partial charge in [0.1, 0.15) is 0 Å². The first kappa shape index (κ1) is 16.3. The van der Waals surface area contributed by atoms with Gasteiger partial charge in [-0.05, 0) is 53.4 Å². The highest BCUT2D eigenvalue weighted by Crippen LogP contribution is 2.49. The minimum Gasteiger partial charge on any atom is -0.478 e. The van der Waals surface area contributed by atoms with Crippen LogP contribution < -0.4 is 5.32 Å². The third-order valence-corrected chi connectivity index (χ3v) is 5.85. The first-order chi connectivity index (χ1) is 13.2. The van der Waals surface area contributed by atoms with Crippen molar-refractivity contribution < 1.29 is 14.6 Å². The van der Waals surface area contributed by atoms with Gasteiger partial charge in [0.05, 0.1) is 17.7 Å². The standard InChI is InChI=1S/C23H21NO3/c25-23(26)15-9-7-14(8-10-15)21-18-6-3-11-27-22(18)19-12-16-4-1-2-5-17(16)13-20(19)24-21/h1-2,4-5,7-10,12-13,18,21-22,24H,3,6,11H2,(H,25,26). The third kappa shape index (κ3) is 2.77. The van der Waals surface area contributed by atoms with Crippen LogP contribution in [-0.4, -0.2) is 17.7 Å². The minimum absolute atomic E-state index is 0.0729. The van der Waals surface area contributed by atoms with E-state index < -0.39 is 5.97 Å². The fourth-order valence-corrected chi connectivity index (χ4v) is 4.52. The number of carboxylic acid groups (broad SMARTS) is 1. The number of benzene rings is 3. The van der Waals surface area contributed by atoms with E-state index in [0.717, 1.165) is 30.7 Å². The molecule has 0 aromatic heterocycles. The number of hydrogen-bond acceptors (Lipinski definition) is 3. The molecule has 0 aliphatic carbocycles. The average Bonchev–Trinajstić information content (AvgIpc) is 2.72. The molecule has 1 saturated heterocycles. The molecule has 3 aromatic rings. The highest BCUT2D eigenvalue weighted by atomic mass is 16.5. The van der Waals surface area contributed by atoms with Crippen LogP contribution in [0.4, 0.5) is 5.69 Å². The molecule has 0 radical (unpaired) electrons. The summed E-state index contributed by atoms with van der Waals surface area (Å²) in [6.45, 7) is 0.790. The highest BCUT2D eigenvalue weighted by Gasteiger charge is 2.39. The molecule has 2 aliphatic rings. The summed E-state index contributed by atoms with van der Waals surface area (Å²) < 4.78 is 6.24. The quantitative estimate of drug-likeness (QED) is 0.662. The minimum atomic E-state index is -0.895. The summed E-state index contributed by atoms with van der Waals surface area (Å²) in [5.41, 5.74) is 3.78. The van der Waals surface area contributed by atoms with Crippen LogP contribution in [0.5, 0.6) is 0 Å². The van der Waals surface area contributed by atoms with Crippen LogP contribution in [0, 0.1) is 5.92 Å². The topological polar surface area (TPSA) is 58.6 Å². The number of fused-ring (bicyclic) bond motifs is 4. The van der Waals surface area contributed by atoms with Crippen molar-refractivity contribution in [3.63, 3.8) is 0 Å². The van der Waals surface area contributed by atoms with Gasteiger partial charge in [0, 0.05) is 23.8 Å².